The number of para-hydroxylation sites is 1. The number of ether oxygens (including phenoxy) is 1. The van der Waals surface area contributed by atoms with Gasteiger partial charge in [-0.25, -0.2) is 0 Å². The van der Waals surface area contributed by atoms with Crippen LogP contribution in [0.4, 0.5) is 0 Å². The lowest BCUT2D eigenvalue weighted by Crippen LogP contribution is -2.05. The summed E-state index contributed by atoms with van der Waals surface area (Å²) in [6.07, 6.45) is 0.219. The highest BCUT2D eigenvalue weighted by atomic mass is 35.5. The van der Waals surface area contributed by atoms with Gasteiger partial charge in [0, 0.05) is 12.6 Å². The number of halogens is 1. The third-order valence-electron chi connectivity index (χ3n) is 3.24. The molecule has 0 aliphatic heterocycles. The molecule has 0 aliphatic rings. The van der Waals surface area contributed by atoms with E-state index in [1.807, 2.05) is 38.2 Å². The van der Waals surface area contributed by atoms with E-state index in [0.717, 1.165) is 23.4 Å². The van der Waals surface area contributed by atoms with Gasteiger partial charge in [0.25, 0.3) is 0 Å². The van der Waals surface area contributed by atoms with E-state index < -0.39 is 6.10 Å². The van der Waals surface area contributed by atoms with Crippen LogP contribution in [0.15, 0.2) is 24.3 Å². The molecule has 1 aromatic carbocycles. The van der Waals surface area contributed by atoms with Gasteiger partial charge in [-0.3, -0.25) is 4.68 Å². The number of aliphatic hydroxyl groups is 1. The van der Waals surface area contributed by atoms with E-state index in [9.17, 15) is 5.11 Å². The molecule has 2 aromatic rings. The van der Waals surface area contributed by atoms with Crippen molar-refractivity contribution in [2.75, 3.05) is 0 Å². The first-order chi connectivity index (χ1) is 9.54. The zero-order valence-corrected chi connectivity index (χ0v) is 12.7. The quantitative estimate of drug-likeness (QED) is 0.920. The Bertz CT molecular complexity index is 594. The molecule has 2 rings (SSSR count). The average molecular weight is 295 g/mol. The minimum Gasteiger partial charge on any atom is -0.487 e. The molecule has 1 aromatic heterocycles. The first-order valence-electron chi connectivity index (χ1n) is 6.64. The van der Waals surface area contributed by atoms with Crippen LogP contribution in [-0.4, -0.2) is 14.9 Å². The van der Waals surface area contributed by atoms with Crippen LogP contribution in [0.3, 0.4) is 0 Å². The first kappa shape index (κ1) is 14.9. The number of hydrogen-bond donors (Lipinski definition) is 1. The molecular formula is C15H19ClN2O2. The SMILES string of the molecule is CCc1nn(C)c(COc2ccccc2C(C)O)c1Cl. The molecule has 1 unspecified atom stereocenters. The van der Waals surface area contributed by atoms with E-state index in [1.54, 1.807) is 11.6 Å². The van der Waals surface area contributed by atoms with Crippen molar-refractivity contribution in [1.29, 1.82) is 0 Å². The molecule has 0 amide bonds. The average Bonchev–Trinajstić information content (AvgIpc) is 2.71. The number of aryl methyl sites for hydroxylation is 2. The molecule has 20 heavy (non-hydrogen) atoms. The normalized spacial score (nSPS) is 12.4. The van der Waals surface area contributed by atoms with Crippen molar-refractivity contribution in [2.24, 2.45) is 7.05 Å². The van der Waals surface area contributed by atoms with Crippen LogP contribution >= 0.6 is 11.6 Å². The molecule has 0 aliphatic carbocycles. The van der Waals surface area contributed by atoms with Gasteiger partial charge in [0.05, 0.1) is 22.5 Å². The van der Waals surface area contributed by atoms with Crippen molar-refractivity contribution >= 4 is 11.6 Å². The summed E-state index contributed by atoms with van der Waals surface area (Å²) in [7, 11) is 1.85. The van der Waals surface area contributed by atoms with Crippen LogP contribution in [0.25, 0.3) is 0 Å². The number of hydrogen-bond acceptors (Lipinski definition) is 3. The Hall–Kier alpha value is -1.52. The molecule has 0 saturated carbocycles. The second-order valence-electron chi connectivity index (χ2n) is 4.69. The lowest BCUT2D eigenvalue weighted by molar-refractivity contribution is 0.189. The van der Waals surface area contributed by atoms with Gasteiger partial charge in [-0.05, 0) is 19.4 Å². The molecule has 0 saturated heterocycles. The Labute approximate surface area is 123 Å². The fourth-order valence-electron chi connectivity index (χ4n) is 2.08. The van der Waals surface area contributed by atoms with Crippen molar-refractivity contribution in [2.45, 2.75) is 33.0 Å². The van der Waals surface area contributed by atoms with Gasteiger partial charge in [-0.15, -0.1) is 0 Å². The summed E-state index contributed by atoms with van der Waals surface area (Å²) in [5, 5.41) is 14.7. The third kappa shape index (κ3) is 2.97. The minimum atomic E-state index is -0.570. The first-order valence-corrected chi connectivity index (χ1v) is 7.02. The number of nitrogens with zero attached hydrogens (tertiary/aromatic N) is 2. The highest BCUT2D eigenvalue weighted by molar-refractivity contribution is 6.31. The maximum atomic E-state index is 9.73. The topological polar surface area (TPSA) is 47.3 Å². The molecular weight excluding hydrogens is 276 g/mol. The van der Waals surface area contributed by atoms with Gasteiger partial charge in [0.1, 0.15) is 12.4 Å². The fraction of sp³-hybridized carbons (Fsp3) is 0.400. The zero-order chi connectivity index (χ0) is 14.7. The van der Waals surface area contributed by atoms with Crippen LogP contribution in [0, 0.1) is 0 Å². The maximum Gasteiger partial charge on any atom is 0.131 e. The summed E-state index contributed by atoms with van der Waals surface area (Å²) in [5.41, 5.74) is 2.47. The van der Waals surface area contributed by atoms with Crippen LogP contribution in [0.5, 0.6) is 5.75 Å². The molecule has 0 radical (unpaired) electrons. The molecule has 1 atom stereocenters. The Morgan fingerprint density at radius 1 is 1.40 bits per heavy atom. The van der Waals surface area contributed by atoms with Gasteiger partial charge in [-0.1, -0.05) is 36.7 Å². The number of aliphatic hydroxyl groups excluding tert-OH is 1. The molecule has 4 nitrogen and oxygen atoms in total. The van der Waals surface area contributed by atoms with E-state index in [-0.39, 0.29) is 0 Å². The maximum absolute atomic E-state index is 9.73. The minimum absolute atomic E-state index is 0.325. The highest BCUT2D eigenvalue weighted by Crippen LogP contribution is 2.27. The van der Waals surface area contributed by atoms with Crippen molar-refractivity contribution < 1.29 is 9.84 Å². The zero-order valence-electron chi connectivity index (χ0n) is 11.9. The molecule has 0 fully saturated rings. The summed E-state index contributed by atoms with van der Waals surface area (Å²) < 4.78 is 7.54. The number of benzene rings is 1. The van der Waals surface area contributed by atoms with E-state index in [2.05, 4.69) is 5.10 Å². The van der Waals surface area contributed by atoms with Crippen LogP contribution < -0.4 is 4.74 Å². The van der Waals surface area contributed by atoms with Gasteiger partial charge < -0.3 is 9.84 Å². The number of aromatic nitrogens is 2. The van der Waals surface area contributed by atoms with Crippen molar-refractivity contribution in [1.82, 2.24) is 9.78 Å². The third-order valence-corrected chi connectivity index (χ3v) is 3.67. The fourth-order valence-corrected chi connectivity index (χ4v) is 2.43. The molecule has 108 valence electrons. The second kappa shape index (κ2) is 6.29. The highest BCUT2D eigenvalue weighted by Gasteiger charge is 2.15. The molecule has 0 bridgehead atoms. The monoisotopic (exact) mass is 294 g/mol. The van der Waals surface area contributed by atoms with Crippen LogP contribution in [-0.2, 0) is 20.1 Å². The van der Waals surface area contributed by atoms with Crippen molar-refractivity contribution in [3.63, 3.8) is 0 Å². The number of rotatable bonds is 5. The standard InChI is InChI=1S/C15H19ClN2O2/c1-4-12-15(16)13(18(3)17-12)9-20-14-8-6-5-7-11(14)10(2)19/h5-8,10,19H,4,9H2,1-3H3. The van der Waals surface area contributed by atoms with Gasteiger partial charge in [0.15, 0.2) is 0 Å². The van der Waals surface area contributed by atoms with Crippen LogP contribution in [0.2, 0.25) is 5.02 Å². The molecule has 5 heteroatoms. The van der Waals surface area contributed by atoms with Crippen molar-refractivity contribution in [3.8, 4) is 5.75 Å². The van der Waals surface area contributed by atoms with Crippen LogP contribution in [0.1, 0.15) is 36.9 Å². The van der Waals surface area contributed by atoms with E-state index in [1.165, 1.54) is 0 Å². The van der Waals surface area contributed by atoms with Gasteiger partial charge in [0.2, 0.25) is 0 Å². The Balaban J connectivity index is 2.19. The predicted molar refractivity (Wildman–Crippen MR) is 79.0 cm³/mol. The smallest absolute Gasteiger partial charge is 0.131 e. The van der Waals surface area contributed by atoms with E-state index in [4.69, 9.17) is 16.3 Å². The van der Waals surface area contributed by atoms with E-state index in [0.29, 0.717) is 17.4 Å². The lowest BCUT2D eigenvalue weighted by atomic mass is 10.1. The molecule has 1 heterocycles. The summed E-state index contributed by atoms with van der Waals surface area (Å²) in [6.45, 7) is 4.06. The molecule has 0 spiro atoms. The summed E-state index contributed by atoms with van der Waals surface area (Å²) >= 11 is 6.29. The lowest BCUT2D eigenvalue weighted by Gasteiger charge is -2.13. The second-order valence-corrected chi connectivity index (χ2v) is 5.06. The summed E-state index contributed by atoms with van der Waals surface area (Å²) in [5.74, 6) is 0.665. The van der Waals surface area contributed by atoms with Crippen molar-refractivity contribution in [3.05, 3.63) is 46.2 Å². The predicted octanol–water partition coefficient (Wildman–Crippen LogP) is 3.27. The van der Waals surface area contributed by atoms with Gasteiger partial charge in [-0.2, -0.15) is 5.10 Å². The largest absolute Gasteiger partial charge is 0.487 e. The Morgan fingerprint density at radius 2 is 2.10 bits per heavy atom. The molecule has 1 N–H and O–H groups in total. The summed E-state index contributed by atoms with van der Waals surface area (Å²) in [4.78, 5) is 0. The summed E-state index contributed by atoms with van der Waals surface area (Å²) in [6, 6.07) is 7.44. The van der Waals surface area contributed by atoms with Gasteiger partial charge >= 0.3 is 0 Å². The Kier molecular flexibility index (Phi) is 4.68. The van der Waals surface area contributed by atoms with E-state index >= 15 is 0 Å². The Morgan fingerprint density at radius 3 is 2.70 bits per heavy atom.